The van der Waals surface area contributed by atoms with Gasteiger partial charge in [-0.25, -0.2) is 0 Å². The molecule has 1 saturated carbocycles. The van der Waals surface area contributed by atoms with Gasteiger partial charge in [-0.05, 0) is 11.1 Å². The zero-order chi connectivity index (χ0) is 30.0. The topological polar surface area (TPSA) is 12.0 Å². The molecule has 43 heavy (non-hydrogen) atoms. The van der Waals surface area contributed by atoms with E-state index in [0.717, 1.165) is 6.04 Å². The molecule has 4 aromatic rings. The largest absolute Gasteiger partial charge is 0.0622 e. The Labute approximate surface area is 269 Å². The van der Waals surface area contributed by atoms with Crippen LogP contribution in [0.5, 0.6) is 0 Å². The number of benzene rings is 4. The molecule has 0 aliphatic heterocycles. The van der Waals surface area contributed by atoms with E-state index < -0.39 is 27.1 Å². The van der Waals surface area contributed by atoms with Gasteiger partial charge < -0.3 is 0 Å². The van der Waals surface area contributed by atoms with Crippen molar-refractivity contribution in [3.05, 3.63) is 141 Å². The van der Waals surface area contributed by atoms with Crippen LogP contribution in [0, 0.1) is 5.92 Å². The van der Waals surface area contributed by atoms with Crippen molar-refractivity contribution in [2.45, 2.75) is 72.3 Å². The Bertz CT molecular complexity index is 1400. The van der Waals surface area contributed by atoms with Crippen molar-refractivity contribution >= 4 is 16.3 Å². The first kappa shape index (κ1) is 31.8. The Kier molecular flexibility index (Phi) is 11.8. The minimum Gasteiger partial charge on any atom is -0.0622 e. The van der Waals surface area contributed by atoms with E-state index in [1.165, 1.54) is 49.7 Å². The number of allylic oxidation sites excluding steroid dienone is 4. The van der Waals surface area contributed by atoms with Gasteiger partial charge in [-0.1, -0.05) is 60.7 Å². The molecule has 1 nitrogen and oxygen atoms in total. The van der Waals surface area contributed by atoms with Crippen molar-refractivity contribution in [2.24, 2.45) is 5.92 Å². The number of hydrogen-bond acceptors (Lipinski definition) is 1. The molecule has 1 atom stereocenters. The van der Waals surface area contributed by atoms with Gasteiger partial charge in [0.15, 0.2) is 0 Å². The Morgan fingerprint density at radius 3 is 1.37 bits per heavy atom. The van der Waals surface area contributed by atoms with Gasteiger partial charge in [0, 0.05) is 0 Å². The van der Waals surface area contributed by atoms with E-state index in [-0.39, 0.29) is 0 Å². The van der Waals surface area contributed by atoms with Crippen molar-refractivity contribution in [3.63, 3.8) is 0 Å². The average Bonchev–Trinajstić information content (AvgIpc) is 3.24. The van der Waals surface area contributed by atoms with E-state index in [4.69, 9.17) is 0 Å². The summed E-state index contributed by atoms with van der Waals surface area (Å²) >= 11 is -2.19. The van der Waals surface area contributed by atoms with Gasteiger partial charge in [-0.3, -0.25) is 0 Å². The Morgan fingerprint density at radius 2 is 0.977 bits per heavy atom. The molecule has 1 fully saturated rings. The molecule has 2 aliphatic carbocycles. The summed E-state index contributed by atoms with van der Waals surface area (Å²) in [6.45, 7) is 9.66. The predicted molar refractivity (Wildman–Crippen MR) is 186 cm³/mol. The molecule has 221 valence electrons. The maximum absolute atomic E-state index is 4.51. The first-order chi connectivity index (χ1) is 21.0. The van der Waals surface area contributed by atoms with Crippen molar-refractivity contribution < 1.29 is 21.2 Å². The van der Waals surface area contributed by atoms with Gasteiger partial charge in [-0.15, -0.1) is 0 Å². The minimum atomic E-state index is -2.19. The predicted octanol–water partition coefficient (Wildman–Crippen LogP) is 8.98. The number of hydrogen-bond donors (Lipinski definition) is 1. The van der Waals surface area contributed by atoms with E-state index in [1.807, 2.05) is 15.4 Å². The zero-order valence-electron chi connectivity index (χ0n) is 26.5. The van der Waals surface area contributed by atoms with E-state index in [2.05, 4.69) is 140 Å². The van der Waals surface area contributed by atoms with Crippen molar-refractivity contribution in [2.75, 3.05) is 0 Å². The second-order valence-electron chi connectivity index (χ2n) is 12.3. The third-order valence-corrected chi connectivity index (χ3v) is 29.4. The van der Waals surface area contributed by atoms with E-state index in [9.17, 15) is 0 Å². The molecule has 0 aromatic heterocycles. The standard InChI is InChI=1S/C12H11Si.C12H10.C9H13.C7H14N.Zr/c1-3-7-11(8-4-1)13-12-9-5-2-6-10-12;1-3-7-11(8-4-1)12-9-5-2-6-10-12;1-6-5-7(2)9(4)8(6)3;8-7-5-3-1-2-4-6-7;/h1-10,13H;1-10H;6H,1-4H3;7-8H,1-6H2;/q;;;-1;+1. The average molecular weight is 662 g/mol. The molecular weight excluding hydrogens is 614 g/mol. The first-order valence-electron chi connectivity index (χ1n) is 16.3. The van der Waals surface area contributed by atoms with Crippen molar-refractivity contribution in [1.82, 2.24) is 3.26 Å². The van der Waals surface area contributed by atoms with Crippen molar-refractivity contribution in [1.29, 1.82) is 0 Å². The summed E-state index contributed by atoms with van der Waals surface area (Å²) in [6.07, 6.45) is 8.41. The monoisotopic (exact) mass is 660 g/mol. The van der Waals surface area contributed by atoms with Gasteiger partial charge in [-0.2, -0.15) is 0 Å². The van der Waals surface area contributed by atoms with E-state index >= 15 is 0 Å². The zero-order valence-corrected chi connectivity index (χ0v) is 30.1. The van der Waals surface area contributed by atoms with Crippen LogP contribution in [-0.4, -0.2) is 12.0 Å². The summed E-state index contributed by atoms with van der Waals surface area (Å²) in [5.74, 6) is -0.714. The molecule has 0 spiro atoms. The van der Waals surface area contributed by atoms with Crippen LogP contribution in [0.2, 0.25) is 0 Å². The SMILES string of the molecule is CC1=C(C)C(C)[C]([Zr]([NH]C2CCCCCC2)[SiH](c2ccccc2)c2ccccc2)=C1C.c1ccc(-c2ccccc2)cc1. The second-order valence-corrected chi connectivity index (χ2v) is 26.2. The summed E-state index contributed by atoms with van der Waals surface area (Å²) in [7, 11) is 0. The molecule has 0 saturated heterocycles. The van der Waals surface area contributed by atoms with Gasteiger partial charge in [0.2, 0.25) is 0 Å². The molecule has 0 radical (unpaired) electrons. The maximum Gasteiger partial charge on any atom is -0.0184 e. The molecule has 2 aliphatic rings. The van der Waals surface area contributed by atoms with Crippen LogP contribution in [0.3, 0.4) is 0 Å². The molecule has 1 N–H and O–H groups in total. The number of nitrogens with one attached hydrogen (secondary N) is 1. The van der Waals surface area contributed by atoms with Gasteiger partial charge in [0.05, 0.1) is 0 Å². The molecule has 1 unspecified atom stereocenters. The fourth-order valence-electron chi connectivity index (χ4n) is 6.84. The third kappa shape index (κ3) is 8.13. The molecular formula is C40H48NSiZr. The molecule has 3 heteroatoms. The summed E-state index contributed by atoms with van der Waals surface area (Å²) in [5, 5.41) is 3.28. The van der Waals surface area contributed by atoms with Crippen LogP contribution in [0.4, 0.5) is 0 Å². The summed E-state index contributed by atoms with van der Waals surface area (Å²) in [6, 6.07) is 44.7. The minimum absolute atomic E-state index is 0.620. The van der Waals surface area contributed by atoms with Crippen LogP contribution in [0.15, 0.2) is 141 Å². The number of rotatable bonds is 7. The fraction of sp³-hybridized carbons (Fsp3) is 0.300. The molecule has 6 rings (SSSR count). The van der Waals surface area contributed by atoms with Gasteiger partial charge in [0.1, 0.15) is 0 Å². The smallest absolute Gasteiger partial charge is 0.0184 e. The normalized spacial score (nSPS) is 17.5. The molecule has 0 bridgehead atoms. The molecule has 0 heterocycles. The van der Waals surface area contributed by atoms with Crippen LogP contribution in [0.25, 0.3) is 11.1 Å². The van der Waals surface area contributed by atoms with E-state index in [1.54, 1.807) is 27.1 Å². The third-order valence-electron chi connectivity index (χ3n) is 9.58. The van der Waals surface area contributed by atoms with Crippen LogP contribution >= 0.6 is 0 Å². The summed E-state index contributed by atoms with van der Waals surface area (Å²) in [4.78, 5) is 0. The maximum atomic E-state index is 4.51. The van der Waals surface area contributed by atoms with Crippen LogP contribution in [-0.2, 0) is 21.2 Å². The molecule has 4 aromatic carbocycles. The van der Waals surface area contributed by atoms with Gasteiger partial charge in [0.25, 0.3) is 0 Å². The second kappa shape index (κ2) is 15.9. The quantitative estimate of drug-likeness (QED) is 0.154. The van der Waals surface area contributed by atoms with Gasteiger partial charge >= 0.3 is 200 Å². The van der Waals surface area contributed by atoms with Crippen LogP contribution < -0.4 is 13.6 Å². The molecule has 0 amide bonds. The Hall–Kier alpha value is -2.58. The fourth-order valence-corrected chi connectivity index (χ4v) is 30.3. The van der Waals surface area contributed by atoms with Crippen molar-refractivity contribution in [3.8, 4) is 11.1 Å². The Morgan fingerprint density at radius 1 is 0.558 bits per heavy atom. The van der Waals surface area contributed by atoms with E-state index in [0.29, 0.717) is 5.92 Å². The summed E-state index contributed by atoms with van der Waals surface area (Å²) in [5.41, 5.74) is 7.36. The first-order valence-corrected chi connectivity index (χ1v) is 24.7. The van der Waals surface area contributed by atoms with Crippen LogP contribution in [0.1, 0.15) is 66.2 Å². The Balaban J connectivity index is 0.000000255. The summed E-state index contributed by atoms with van der Waals surface area (Å²) < 4.78 is 6.38.